The van der Waals surface area contributed by atoms with Crippen LogP contribution in [-0.2, 0) is 36.8 Å². The third-order valence-electron chi connectivity index (χ3n) is 11.0. The number of rotatable bonds is 10. The number of nitrogens with one attached hydrogen (secondary N) is 4. The molecule has 2 fully saturated rings. The Bertz CT molecular complexity index is 2000. The summed E-state index contributed by atoms with van der Waals surface area (Å²) in [6.45, 7) is 7.95. The van der Waals surface area contributed by atoms with Crippen LogP contribution in [0.25, 0.3) is 0 Å². The average Bonchev–Trinajstić information content (AvgIpc) is 4.09. The molecule has 3 aromatic rings. The van der Waals surface area contributed by atoms with E-state index < -0.39 is 41.8 Å². The van der Waals surface area contributed by atoms with Gasteiger partial charge in [0, 0.05) is 43.6 Å². The molecule has 0 aromatic heterocycles. The standard InChI is InChI=1S/C46H58N6O9/c1-29(2)23-36-28-61-38-17-9-32(10-18-38)25-40(49-42(54)34-11-13-35(14-12-34)46(58)51-19-21-60-22-20-51)44(56)50-39(24-31-7-15-37(59-4)16-8-31)43(55)47-30(3)45(57)52(26-33-5-6-33)27-41(53)48-36/h7-18,29-30,33,36,39-40H,5-6,19-28H2,1-4H3,(H,47,55)(H,48,53)(H,49,54)(H,50,56)/t30-,36+,39+,40+/m1/s1. The molecule has 1 saturated heterocycles. The summed E-state index contributed by atoms with van der Waals surface area (Å²) in [5.41, 5.74) is 2.07. The molecule has 3 aromatic carbocycles. The number of fused-ring (bicyclic) bond motifs is 17. The van der Waals surface area contributed by atoms with E-state index in [2.05, 4.69) is 35.1 Å². The molecule has 326 valence electrons. The fourth-order valence-corrected chi connectivity index (χ4v) is 7.48. The Morgan fingerprint density at radius 2 is 1.52 bits per heavy atom. The van der Waals surface area contributed by atoms with Crippen LogP contribution >= 0.6 is 0 Å². The zero-order valence-electron chi connectivity index (χ0n) is 35.4. The van der Waals surface area contributed by atoms with Crippen LogP contribution < -0.4 is 30.7 Å². The van der Waals surface area contributed by atoms with E-state index in [9.17, 15) is 28.8 Å². The molecule has 4 atom stereocenters. The highest BCUT2D eigenvalue weighted by Gasteiger charge is 2.34. The van der Waals surface area contributed by atoms with Crippen molar-refractivity contribution in [3.63, 3.8) is 0 Å². The second-order valence-corrected chi connectivity index (χ2v) is 16.6. The Morgan fingerprint density at radius 1 is 0.852 bits per heavy atom. The lowest BCUT2D eigenvalue weighted by atomic mass is 10.0. The monoisotopic (exact) mass is 838 g/mol. The van der Waals surface area contributed by atoms with Gasteiger partial charge in [0.25, 0.3) is 11.8 Å². The largest absolute Gasteiger partial charge is 0.497 e. The van der Waals surface area contributed by atoms with Crippen molar-refractivity contribution in [3.8, 4) is 11.5 Å². The molecule has 15 nitrogen and oxygen atoms in total. The normalized spacial score (nSPS) is 22.1. The first kappa shape index (κ1) is 44.6. The first-order chi connectivity index (χ1) is 29.3. The van der Waals surface area contributed by atoms with Gasteiger partial charge in [-0.1, -0.05) is 38.1 Å². The van der Waals surface area contributed by atoms with Crippen molar-refractivity contribution in [2.24, 2.45) is 11.8 Å². The minimum Gasteiger partial charge on any atom is -0.497 e. The van der Waals surface area contributed by atoms with Gasteiger partial charge in [0.1, 0.15) is 36.2 Å². The van der Waals surface area contributed by atoms with Gasteiger partial charge in [0.05, 0.1) is 32.9 Å². The number of amides is 6. The van der Waals surface area contributed by atoms with Gasteiger partial charge in [0.2, 0.25) is 23.6 Å². The molecule has 1 saturated carbocycles. The predicted molar refractivity (Wildman–Crippen MR) is 227 cm³/mol. The minimum atomic E-state index is -1.17. The molecule has 4 aliphatic rings. The summed E-state index contributed by atoms with van der Waals surface area (Å²) in [6.07, 6.45) is 2.65. The van der Waals surface area contributed by atoms with Crippen LogP contribution in [-0.4, -0.2) is 123 Å². The van der Waals surface area contributed by atoms with Gasteiger partial charge >= 0.3 is 0 Å². The van der Waals surface area contributed by atoms with Gasteiger partial charge in [-0.25, -0.2) is 0 Å². The molecule has 3 heterocycles. The highest BCUT2D eigenvalue weighted by molar-refractivity contribution is 6.00. The number of benzene rings is 3. The van der Waals surface area contributed by atoms with E-state index in [4.69, 9.17) is 14.2 Å². The van der Waals surface area contributed by atoms with Crippen LogP contribution in [0.3, 0.4) is 0 Å². The molecular weight excluding hydrogens is 781 g/mol. The van der Waals surface area contributed by atoms with E-state index in [1.54, 1.807) is 91.7 Å². The summed E-state index contributed by atoms with van der Waals surface area (Å²) < 4.78 is 16.8. The molecule has 61 heavy (non-hydrogen) atoms. The van der Waals surface area contributed by atoms with Gasteiger partial charge in [-0.3, -0.25) is 28.8 Å². The van der Waals surface area contributed by atoms with Crippen molar-refractivity contribution in [1.29, 1.82) is 0 Å². The Kier molecular flexibility index (Phi) is 15.4. The number of nitrogens with zero attached hydrogens (tertiary/aromatic N) is 2. The smallest absolute Gasteiger partial charge is 0.254 e. The summed E-state index contributed by atoms with van der Waals surface area (Å²) in [5.74, 6) is -1.00. The zero-order valence-corrected chi connectivity index (χ0v) is 35.4. The number of ether oxygens (including phenoxy) is 3. The van der Waals surface area contributed by atoms with Crippen molar-refractivity contribution in [3.05, 3.63) is 95.1 Å². The Balaban J connectivity index is 1.29. The first-order valence-corrected chi connectivity index (χ1v) is 21.2. The fraction of sp³-hybridized carbons (Fsp3) is 0.478. The quantitative estimate of drug-likeness (QED) is 0.223. The second-order valence-electron chi connectivity index (χ2n) is 16.6. The maximum Gasteiger partial charge on any atom is 0.254 e. The van der Waals surface area contributed by atoms with Crippen molar-refractivity contribution >= 4 is 35.4 Å². The Hall–Kier alpha value is -5.96. The van der Waals surface area contributed by atoms with Crippen molar-refractivity contribution in [1.82, 2.24) is 31.1 Å². The third-order valence-corrected chi connectivity index (χ3v) is 11.0. The van der Waals surface area contributed by atoms with Crippen LogP contribution in [0.2, 0.25) is 0 Å². The van der Waals surface area contributed by atoms with Gasteiger partial charge in [-0.15, -0.1) is 0 Å². The number of morpholine rings is 1. The van der Waals surface area contributed by atoms with Crippen molar-refractivity contribution in [2.75, 3.05) is 53.1 Å². The van der Waals surface area contributed by atoms with Crippen molar-refractivity contribution in [2.45, 2.75) is 77.0 Å². The summed E-state index contributed by atoms with van der Waals surface area (Å²) in [4.78, 5) is 86.1. The van der Waals surface area contributed by atoms with E-state index in [1.165, 1.54) is 4.90 Å². The van der Waals surface area contributed by atoms with E-state index in [0.717, 1.165) is 12.8 Å². The molecule has 0 unspecified atom stereocenters. The molecule has 3 aliphatic heterocycles. The summed E-state index contributed by atoms with van der Waals surface area (Å²) in [5, 5.41) is 11.6. The lowest BCUT2D eigenvalue weighted by Gasteiger charge is -2.29. The SMILES string of the molecule is COc1ccc(C[C@@H]2NC(=O)[C@@H](NC(=O)c3ccc(C(=O)N4CCOCC4)cc3)Cc3ccc(cc3)OC[C@H](CC(C)C)NC(=O)CN(CC3CC3)C(=O)[C@@H](C)NC2=O)cc1. The Morgan fingerprint density at radius 3 is 2.16 bits per heavy atom. The van der Waals surface area contributed by atoms with Crippen LogP contribution in [0.15, 0.2) is 72.8 Å². The van der Waals surface area contributed by atoms with E-state index in [-0.39, 0.29) is 61.2 Å². The average molecular weight is 839 g/mol. The number of hydrogen-bond acceptors (Lipinski definition) is 9. The van der Waals surface area contributed by atoms with E-state index in [1.807, 2.05) is 0 Å². The van der Waals surface area contributed by atoms with Crippen LogP contribution in [0.1, 0.15) is 71.9 Å². The maximum atomic E-state index is 14.4. The topological polar surface area (TPSA) is 185 Å². The molecule has 7 rings (SSSR count). The van der Waals surface area contributed by atoms with Gasteiger partial charge in [-0.05, 0) is 97.7 Å². The van der Waals surface area contributed by atoms with Crippen molar-refractivity contribution < 1.29 is 43.0 Å². The van der Waals surface area contributed by atoms with Gasteiger partial charge < -0.3 is 45.3 Å². The summed E-state index contributed by atoms with van der Waals surface area (Å²) >= 11 is 0. The van der Waals surface area contributed by atoms with Crippen LogP contribution in [0.4, 0.5) is 0 Å². The molecule has 0 radical (unpaired) electrons. The number of hydrogen-bond donors (Lipinski definition) is 4. The van der Waals surface area contributed by atoms with E-state index >= 15 is 0 Å². The highest BCUT2D eigenvalue weighted by atomic mass is 16.5. The van der Waals surface area contributed by atoms with Gasteiger partial charge in [0.15, 0.2) is 0 Å². The van der Waals surface area contributed by atoms with Gasteiger partial charge in [-0.2, -0.15) is 0 Å². The number of carbonyl (C=O) groups excluding carboxylic acids is 6. The first-order valence-electron chi connectivity index (χ1n) is 21.2. The molecule has 1 aliphatic carbocycles. The highest BCUT2D eigenvalue weighted by Crippen LogP contribution is 2.30. The number of methoxy groups -OCH3 is 1. The lowest BCUT2D eigenvalue weighted by molar-refractivity contribution is -0.140. The molecular formula is C46H58N6O9. The molecule has 4 N–H and O–H groups in total. The molecule has 0 spiro atoms. The second kappa shape index (κ2) is 21.0. The maximum absolute atomic E-state index is 14.4. The summed E-state index contributed by atoms with van der Waals surface area (Å²) in [6, 6.07) is 16.8. The molecule has 6 amide bonds. The predicted octanol–water partition coefficient (Wildman–Crippen LogP) is 2.90. The van der Waals surface area contributed by atoms with E-state index in [0.29, 0.717) is 67.5 Å². The van der Waals surface area contributed by atoms with Crippen LogP contribution in [0.5, 0.6) is 11.5 Å². The Labute approximate surface area is 357 Å². The lowest BCUT2D eigenvalue weighted by Crippen LogP contribution is -2.58. The zero-order chi connectivity index (χ0) is 43.5. The minimum absolute atomic E-state index is 0.0548. The van der Waals surface area contributed by atoms with Crippen LogP contribution in [0, 0.1) is 11.8 Å². The fourth-order valence-electron chi connectivity index (χ4n) is 7.48. The molecule has 15 heteroatoms. The number of carbonyl (C=O) groups is 6. The summed E-state index contributed by atoms with van der Waals surface area (Å²) in [7, 11) is 1.55. The molecule has 2 bridgehead atoms. The third kappa shape index (κ3) is 13.0.